The fraction of sp³-hybridized carbons (Fsp3) is 0.0667. The topological polar surface area (TPSA) is 112 Å². The highest BCUT2D eigenvalue weighted by Crippen LogP contribution is 2.23. The molecule has 0 saturated heterocycles. The summed E-state index contributed by atoms with van der Waals surface area (Å²) < 4.78 is 11.0. The van der Waals surface area contributed by atoms with Crippen LogP contribution in [0, 0.1) is 0 Å². The number of anilines is 2. The zero-order valence-corrected chi connectivity index (χ0v) is 21.1. The Bertz CT molecular complexity index is 1580. The summed E-state index contributed by atoms with van der Waals surface area (Å²) in [7, 11) is 1.56. The van der Waals surface area contributed by atoms with Crippen molar-refractivity contribution in [2.45, 2.75) is 6.42 Å². The van der Waals surface area contributed by atoms with Gasteiger partial charge in [-0.2, -0.15) is 9.97 Å². The lowest BCUT2D eigenvalue weighted by Crippen LogP contribution is -2.08. The van der Waals surface area contributed by atoms with E-state index in [1.807, 2.05) is 48.6 Å². The number of allylic oxidation sites excluding steroid dienone is 1. The molecule has 0 saturated carbocycles. The van der Waals surface area contributed by atoms with Crippen LogP contribution in [-0.2, 0) is 6.42 Å². The number of aromatic nitrogens is 5. The molecular formula is C30H24N6O3. The average molecular weight is 517 g/mol. The molecule has 1 N–H and O–H groups in total. The number of para-hydroxylation sites is 2. The first-order valence-electron chi connectivity index (χ1n) is 12.1. The molecule has 0 unspecified atom stereocenters. The quantitative estimate of drug-likeness (QED) is 0.199. The number of esters is 1. The lowest BCUT2D eigenvalue weighted by Gasteiger charge is -2.09. The summed E-state index contributed by atoms with van der Waals surface area (Å²) in [5.74, 6) is 1.95. The molecule has 5 aromatic rings. The summed E-state index contributed by atoms with van der Waals surface area (Å²) in [6.45, 7) is 0. The molecule has 0 spiro atoms. The zero-order chi connectivity index (χ0) is 26.9. The Labute approximate surface area is 225 Å². The minimum Gasteiger partial charge on any atom is -0.496 e. The van der Waals surface area contributed by atoms with Crippen LogP contribution in [0.4, 0.5) is 11.6 Å². The lowest BCUT2D eigenvalue weighted by molar-refractivity contribution is 0.0734. The van der Waals surface area contributed by atoms with Crippen LogP contribution in [0.15, 0.2) is 104 Å². The summed E-state index contributed by atoms with van der Waals surface area (Å²) in [4.78, 5) is 34.5. The van der Waals surface area contributed by atoms with Gasteiger partial charge >= 0.3 is 5.97 Å². The number of rotatable bonds is 9. The Hall–Kier alpha value is -5.44. The number of carbonyl (C=O) groups is 1. The molecule has 0 aliphatic heterocycles. The monoisotopic (exact) mass is 516 g/mol. The first-order valence-corrected chi connectivity index (χ1v) is 12.1. The third-order valence-corrected chi connectivity index (χ3v) is 5.54. The van der Waals surface area contributed by atoms with Gasteiger partial charge in [0.05, 0.1) is 12.7 Å². The molecule has 0 atom stereocenters. The van der Waals surface area contributed by atoms with Gasteiger partial charge in [0, 0.05) is 23.9 Å². The molecule has 9 heteroatoms. The summed E-state index contributed by atoms with van der Waals surface area (Å²) in [6.07, 6.45) is 7.33. The molecule has 5 rings (SSSR count). The van der Waals surface area contributed by atoms with Crippen LogP contribution in [0.3, 0.4) is 0 Å². The van der Waals surface area contributed by atoms with Gasteiger partial charge < -0.3 is 14.8 Å². The lowest BCUT2D eigenvalue weighted by atomic mass is 10.1. The van der Waals surface area contributed by atoms with Crippen molar-refractivity contribution < 1.29 is 14.3 Å². The Balaban J connectivity index is 1.35. The van der Waals surface area contributed by atoms with Crippen molar-refractivity contribution >= 4 is 23.7 Å². The summed E-state index contributed by atoms with van der Waals surface area (Å²) in [5, 5.41) is 3.22. The molecule has 9 nitrogen and oxygen atoms in total. The molecule has 2 aromatic heterocycles. The maximum Gasteiger partial charge on any atom is 0.343 e. The third-order valence-electron chi connectivity index (χ3n) is 5.54. The molecule has 39 heavy (non-hydrogen) atoms. The normalized spacial score (nSPS) is 10.8. The highest BCUT2D eigenvalue weighted by molar-refractivity contribution is 5.92. The molecule has 3 aromatic carbocycles. The van der Waals surface area contributed by atoms with Crippen molar-refractivity contribution in [2.75, 3.05) is 12.4 Å². The molecule has 0 amide bonds. The van der Waals surface area contributed by atoms with Crippen LogP contribution in [0.5, 0.6) is 11.5 Å². The van der Waals surface area contributed by atoms with Crippen molar-refractivity contribution in [1.29, 1.82) is 0 Å². The van der Waals surface area contributed by atoms with E-state index in [-0.39, 0.29) is 0 Å². The van der Waals surface area contributed by atoms with E-state index in [1.54, 1.807) is 61.8 Å². The van der Waals surface area contributed by atoms with Crippen molar-refractivity contribution in [1.82, 2.24) is 24.9 Å². The van der Waals surface area contributed by atoms with Crippen molar-refractivity contribution in [3.05, 3.63) is 120 Å². The highest BCUT2D eigenvalue weighted by atomic mass is 16.5. The maximum atomic E-state index is 12.6. The van der Waals surface area contributed by atoms with Gasteiger partial charge in [0.2, 0.25) is 5.95 Å². The van der Waals surface area contributed by atoms with Crippen LogP contribution in [0.1, 0.15) is 21.7 Å². The summed E-state index contributed by atoms with van der Waals surface area (Å²) in [6, 6.07) is 25.5. The SMILES string of the molecule is COc1cc(C(=O)Oc2ccccc2)ccc1/C=C/Cc1nc(Nc2ccccc2)nc(-c2ccncn2)n1. The number of nitrogens with zero attached hydrogens (tertiary/aromatic N) is 5. The van der Waals surface area contributed by atoms with Crippen molar-refractivity contribution in [2.24, 2.45) is 0 Å². The largest absolute Gasteiger partial charge is 0.496 e. The molecular weight excluding hydrogens is 492 g/mol. The fourth-order valence-electron chi connectivity index (χ4n) is 3.68. The first-order chi connectivity index (χ1) is 19.2. The summed E-state index contributed by atoms with van der Waals surface area (Å²) >= 11 is 0. The Morgan fingerprint density at radius 2 is 1.72 bits per heavy atom. The number of carbonyl (C=O) groups excluding carboxylic acids is 1. The predicted molar refractivity (Wildman–Crippen MR) is 148 cm³/mol. The first kappa shape index (κ1) is 25.2. The van der Waals surface area contributed by atoms with Gasteiger partial charge in [-0.25, -0.2) is 19.7 Å². The van der Waals surface area contributed by atoms with E-state index in [2.05, 4.69) is 30.2 Å². The van der Waals surface area contributed by atoms with E-state index in [0.29, 0.717) is 46.8 Å². The predicted octanol–water partition coefficient (Wildman–Crippen LogP) is 5.56. The van der Waals surface area contributed by atoms with Gasteiger partial charge in [-0.1, -0.05) is 54.6 Å². The average Bonchev–Trinajstić information content (AvgIpc) is 2.98. The van der Waals surface area contributed by atoms with Crippen LogP contribution in [0.2, 0.25) is 0 Å². The Morgan fingerprint density at radius 3 is 2.46 bits per heavy atom. The van der Waals surface area contributed by atoms with Gasteiger partial charge in [0.1, 0.15) is 29.3 Å². The fourth-order valence-corrected chi connectivity index (χ4v) is 3.68. The molecule has 0 aliphatic rings. The minimum atomic E-state index is -0.462. The van der Waals surface area contributed by atoms with Crippen LogP contribution in [-0.4, -0.2) is 38.0 Å². The third kappa shape index (κ3) is 6.66. The second-order valence-electron chi connectivity index (χ2n) is 8.25. The van der Waals surface area contributed by atoms with Gasteiger partial charge in [-0.3, -0.25) is 0 Å². The van der Waals surface area contributed by atoms with Gasteiger partial charge in [0.15, 0.2) is 5.82 Å². The van der Waals surface area contributed by atoms with Crippen molar-refractivity contribution in [3.8, 4) is 23.0 Å². The van der Waals surface area contributed by atoms with Gasteiger partial charge in [-0.05, 0) is 42.5 Å². The second-order valence-corrected chi connectivity index (χ2v) is 8.25. The maximum absolute atomic E-state index is 12.6. The van der Waals surface area contributed by atoms with Gasteiger partial charge in [0.25, 0.3) is 0 Å². The Morgan fingerprint density at radius 1 is 0.923 bits per heavy atom. The van der Waals surface area contributed by atoms with E-state index in [4.69, 9.17) is 9.47 Å². The second kappa shape index (κ2) is 12.2. The number of nitrogens with one attached hydrogen (secondary N) is 1. The van der Waals surface area contributed by atoms with E-state index in [0.717, 1.165) is 11.3 Å². The van der Waals surface area contributed by atoms with Crippen LogP contribution >= 0.6 is 0 Å². The number of hydrogen-bond acceptors (Lipinski definition) is 9. The number of hydrogen-bond donors (Lipinski definition) is 1. The number of methoxy groups -OCH3 is 1. The molecule has 0 aliphatic carbocycles. The van der Waals surface area contributed by atoms with E-state index in [1.165, 1.54) is 6.33 Å². The van der Waals surface area contributed by atoms with E-state index in [9.17, 15) is 4.79 Å². The number of ether oxygens (including phenoxy) is 2. The standard InChI is InChI=1S/C30H24N6O3/c1-38-26-19-22(29(37)39-24-12-6-3-7-13-24)16-15-21(26)9-8-14-27-34-28(25-17-18-31-20-32-25)36-30(35-27)33-23-10-4-2-5-11-23/h2-13,15-20H,14H2,1H3,(H,33,34,35,36)/b9-8+. The van der Waals surface area contributed by atoms with Crippen molar-refractivity contribution in [3.63, 3.8) is 0 Å². The number of benzene rings is 3. The van der Waals surface area contributed by atoms with Crippen LogP contribution < -0.4 is 14.8 Å². The van der Waals surface area contributed by atoms with E-state index >= 15 is 0 Å². The van der Waals surface area contributed by atoms with Crippen LogP contribution in [0.25, 0.3) is 17.6 Å². The molecule has 0 radical (unpaired) electrons. The minimum absolute atomic E-state index is 0.386. The molecule has 2 heterocycles. The smallest absolute Gasteiger partial charge is 0.343 e. The molecule has 192 valence electrons. The highest BCUT2D eigenvalue weighted by Gasteiger charge is 2.12. The van der Waals surface area contributed by atoms with Gasteiger partial charge in [-0.15, -0.1) is 0 Å². The summed E-state index contributed by atoms with van der Waals surface area (Å²) in [5.41, 5.74) is 2.63. The molecule has 0 fully saturated rings. The van der Waals surface area contributed by atoms with E-state index < -0.39 is 5.97 Å². The zero-order valence-electron chi connectivity index (χ0n) is 21.1. The molecule has 0 bridgehead atoms. The Kier molecular flexibility index (Phi) is 7.89.